The summed E-state index contributed by atoms with van der Waals surface area (Å²) in [6.45, 7) is 6.16. The second-order valence-corrected chi connectivity index (χ2v) is 12.8. The van der Waals surface area contributed by atoms with E-state index in [1.54, 1.807) is 65.4 Å². The predicted molar refractivity (Wildman–Crippen MR) is 185 cm³/mol. The summed E-state index contributed by atoms with van der Waals surface area (Å²) in [4.78, 5) is 38.2. The van der Waals surface area contributed by atoms with Crippen LogP contribution >= 0.6 is 11.6 Å². The zero-order chi connectivity index (χ0) is 33.4. The number of nitrogens with zero attached hydrogens (tertiary/aromatic N) is 5. The van der Waals surface area contributed by atoms with E-state index in [1.807, 2.05) is 17.9 Å². The van der Waals surface area contributed by atoms with Gasteiger partial charge in [0.15, 0.2) is 0 Å². The van der Waals surface area contributed by atoms with E-state index >= 15 is 0 Å². The van der Waals surface area contributed by atoms with Crippen LogP contribution in [-0.2, 0) is 24.8 Å². The number of ether oxygens (including phenoxy) is 1. The maximum absolute atomic E-state index is 14.6. The molecule has 2 aliphatic heterocycles. The molecule has 0 unspecified atom stereocenters. The summed E-state index contributed by atoms with van der Waals surface area (Å²) in [5.41, 5.74) is 6.37. The zero-order valence-electron chi connectivity index (χ0n) is 26.9. The molecule has 10 nitrogen and oxygen atoms in total. The number of rotatable bonds is 7. The van der Waals surface area contributed by atoms with Crippen molar-refractivity contribution in [1.29, 1.82) is 0 Å². The quantitative estimate of drug-likeness (QED) is 0.222. The topological polar surface area (TPSA) is 107 Å². The highest BCUT2D eigenvalue weighted by Crippen LogP contribution is 2.34. The first-order valence-corrected chi connectivity index (χ1v) is 16.4. The normalized spacial score (nSPS) is 16.5. The molecule has 0 bridgehead atoms. The lowest BCUT2D eigenvalue weighted by Gasteiger charge is -2.40. The lowest BCUT2D eigenvalue weighted by atomic mass is 9.92. The van der Waals surface area contributed by atoms with E-state index in [0.29, 0.717) is 64.2 Å². The van der Waals surface area contributed by atoms with Crippen LogP contribution in [0.2, 0.25) is 5.02 Å². The molecule has 11 heteroatoms. The molecule has 0 spiro atoms. The minimum absolute atomic E-state index is 0.0186. The van der Waals surface area contributed by atoms with E-state index in [0.717, 1.165) is 31.6 Å². The van der Waals surface area contributed by atoms with Gasteiger partial charge in [-0.3, -0.25) is 24.1 Å². The highest BCUT2D eigenvalue weighted by molar-refractivity contribution is 6.31. The Balaban J connectivity index is 1.24. The number of anilines is 2. The Hall–Kier alpha value is -4.90. The SMILES string of the molecule is Cc1[nH]c(-c2cc(Cl)ccc2C(=O)N2Cc3ccccc3C[C@H]2CN2CCOCC2)cc1C(=O)N(c1ccc(O)cc1)c1cnn(C)c1. The molecule has 1 fully saturated rings. The molecular formula is C37H37ClN6O4. The molecule has 48 heavy (non-hydrogen) atoms. The van der Waals surface area contributed by atoms with Gasteiger partial charge in [-0.15, -0.1) is 0 Å². The van der Waals surface area contributed by atoms with Gasteiger partial charge in [0.25, 0.3) is 11.8 Å². The molecule has 0 radical (unpaired) electrons. The summed E-state index contributed by atoms with van der Waals surface area (Å²) in [5.74, 6) is -0.280. The third kappa shape index (κ3) is 6.34. The second-order valence-electron chi connectivity index (χ2n) is 12.4. The van der Waals surface area contributed by atoms with Crippen LogP contribution in [0.15, 0.2) is 85.2 Å². The second kappa shape index (κ2) is 13.3. The Bertz CT molecular complexity index is 1960. The number of aromatic hydroxyl groups is 1. The van der Waals surface area contributed by atoms with E-state index in [-0.39, 0.29) is 23.6 Å². The highest BCUT2D eigenvalue weighted by Gasteiger charge is 2.34. The van der Waals surface area contributed by atoms with E-state index in [2.05, 4.69) is 33.2 Å². The number of carbonyl (C=O) groups excluding carboxylic acids is 2. The number of morpholine rings is 1. The van der Waals surface area contributed by atoms with Gasteiger partial charge in [0.1, 0.15) is 5.75 Å². The number of hydrogen-bond acceptors (Lipinski definition) is 6. The fourth-order valence-corrected chi connectivity index (χ4v) is 6.88. The lowest BCUT2D eigenvalue weighted by Crippen LogP contribution is -2.52. The minimum atomic E-state index is -0.290. The Morgan fingerprint density at radius 2 is 1.75 bits per heavy atom. The molecule has 3 aromatic carbocycles. The number of aryl methyl sites for hydroxylation is 2. The molecule has 4 heterocycles. The molecule has 2 N–H and O–H groups in total. The molecule has 1 saturated heterocycles. The maximum atomic E-state index is 14.6. The van der Waals surface area contributed by atoms with Crippen LogP contribution in [-0.4, -0.2) is 80.4 Å². The monoisotopic (exact) mass is 664 g/mol. The summed E-state index contributed by atoms with van der Waals surface area (Å²) < 4.78 is 7.21. The number of carbonyl (C=O) groups is 2. The van der Waals surface area contributed by atoms with Crippen molar-refractivity contribution in [3.8, 4) is 17.0 Å². The predicted octanol–water partition coefficient (Wildman–Crippen LogP) is 5.96. The average molecular weight is 665 g/mol. The molecule has 2 aliphatic rings. The summed E-state index contributed by atoms with van der Waals surface area (Å²) in [6.07, 6.45) is 4.14. The van der Waals surface area contributed by atoms with Crippen LogP contribution in [0.5, 0.6) is 5.75 Å². The number of benzene rings is 3. The smallest absolute Gasteiger partial charge is 0.264 e. The first kappa shape index (κ1) is 31.7. The number of halogens is 1. The molecule has 2 amide bonds. The van der Waals surface area contributed by atoms with Crippen LogP contribution in [0, 0.1) is 6.92 Å². The third-order valence-electron chi connectivity index (χ3n) is 9.20. The number of hydrogen-bond donors (Lipinski definition) is 2. The van der Waals surface area contributed by atoms with Gasteiger partial charge in [0, 0.05) is 78.7 Å². The van der Waals surface area contributed by atoms with Crippen LogP contribution < -0.4 is 4.90 Å². The van der Waals surface area contributed by atoms with Gasteiger partial charge in [-0.1, -0.05) is 35.9 Å². The van der Waals surface area contributed by atoms with Crippen molar-refractivity contribution in [2.45, 2.75) is 25.9 Å². The molecule has 1 atom stereocenters. The first-order valence-electron chi connectivity index (χ1n) is 16.0. The molecule has 246 valence electrons. The number of fused-ring (bicyclic) bond motifs is 1. The van der Waals surface area contributed by atoms with Gasteiger partial charge in [-0.25, -0.2) is 0 Å². The molecular weight excluding hydrogens is 628 g/mol. The molecule has 0 saturated carbocycles. The van der Waals surface area contributed by atoms with Crippen molar-refractivity contribution in [2.75, 3.05) is 37.7 Å². The number of aromatic amines is 1. The fourth-order valence-electron chi connectivity index (χ4n) is 6.71. The van der Waals surface area contributed by atoms with Gasteiger partial charge in [0.2, 0.25) is 0 Å². The Morgan fingerprint density at radius 1 is 1.00 bits per heavy atom. The largest absolute Gasteiger partial charge is 0.508 e. The summed E-state index contributed by atoms with van der Waals surface area (Å²) in [6, 6.07) is 21.8. The number of phenolic OH excluding ortho intramolecular Hbond substituents is 1. The summed E-state index contributed by atoms with van der Waals surface area (Å²) >= 11 is 6.55. The van der Waals surface area contributed by atoms with E-state index in [1.165, 1.54) is 17.7 Å². The van der Waals surface area contributed by atoms with Crippen molar-refractivity contribution < 1.29 is 19.4 Å². The third-order valence-corrected chi connectivity index (χ3v) is 9.43. The van der Waals surface area contributed by atoms with Crippen LogP contribution in [0.25, 0.3) is 11.3 Å². The van der Waals surface area contributed by atoms with E-state index in [9.17, 15) is 14.7 Å². The van der Waals surface area contributed by atoms with Crippen molar-refractivity contribution in [1.82, 2.24) is 24.6 Å². The average Bonchev–Trinajstić information content (AvgIpc) is 3.70. The first-order chi connectivity index (χ1) is 23.2. The van der Waals surface area contributed by atoms with Gasteiger partial charge >= 0.3 is 0 Å². The molecule has 0 aliphatic carbocycles. The number of phenols is 1. The summed E-state index contributed by atoms with van der Waals surface area (Å²) in [7, 11) is 1.78. The van der Waals surface area contributed by atoms with Crippen molar-refractivity contribution >= 4 is 34.8 Å². The van der Waals surface area contributed by atoms with Crippen LogP contribution in [0.3, 0.4) is 0 Å². The fraction of sp³-hybridized carbons (Fsp3) is 0.270. The molecule has 5 aromatic rings. The standard InChI is InChI=1S/C37H37ClN6O4/c1-24-33(37(47)44(30-20-39-41(2)22-30)28-8-10-31(45)11-9-28)19-35(40-24)34-18-27(38)7-12-32(34)36(46)43-21-26-6-4-3-5-25(26)17-29(43)23-42-13-15-48-16-14-42/h3-12,18-20,22,29,40,45H,13-17,21,23H2,1-2H3/t29-/m0/s1. The Labute approximate surface area is 284 Å². The number of aromatic nitrogens is 3. The molecule has 2 aromatic heterocycles. The zero-order valence-corrected chi connectivity index (χ0v) is 27.7. The number of H-pyrrole nitrogens is 1. The van der Waals surface area contributed by atoms with Crippen molar-refractivity contribution in [3.05, 3.63) is 118 Å². The minimum Gasteiger partial charge on any atom is -0.508 e. The van der Waals surface area contributed by atoms with Gasteiger partial charge < -0.3 is 19.7 Å². The van der Waals surface area contributed by atoms with Crippen LogP contribution in [0.4, 0.5) is 11.4 Å². The molecule has 7 rings (SSSR count). The Kier molecular flexibility index (Phi) is 8.79. The summed E-state index contributed by atoms with van der Waals surface area (Å²) in [5, 5.41) is 14.7. The van der Waals surface area contributed by atoms with Gasteiger partial charge in [0.05, 0.1) is 30.7 Å². The number of nitrogens with one attached hydrogen (secondary N) is 1. The number of amides is 2. The van der Waals surface area contributed by atoms with Crippen molar-refractivity contribution in [2.24, 2.45) is 7.05 Å². The Morgan fingerprint density at radius 3 is 2.48 bits per heavy atom. The van der Waals surface area contributed by atoms with E-state index in [4.69, 9.17) is 16.3 Å². The van der Waals surface area contributed by atoms with Crippen molar-refractivity contribution in [3.63, 3.8) is 0 Å². The maximum Gasteiger partial charge on any atom is 0.264 e. The van der Waals surface area contributed by atoms with Gasteiger partial charge in [-0.05, 0) is 73.0 Å². The highest BCUT2D eigenvalue weighted by atomic mass is 35.5. The lowest BCUT2D eigenvalue weighted by molar-refractivity contribution is 0.0193. The van der Waals surface area contributed by atoms with Crippen LogP contribution in [0.1, 0.15) is 37.5 Å². The van der Waals surface area contributed by atoms with Gasteiger partial charge in [-0.2, -0.15) is 5.10 Å². The van der Waals surface area contributed by atoms with E-state index < -0.39 is 0 Å².